The van der Waals surface area contributed by atoms with Gasteiger partial charge in [0.25, 0.3) is 0 Å². The van der Waals surface area contributed by atoms with E-state index in [-0.39, 0.29) is 11.8 Å². The van der Waals surface area contributed by atoms with Crippen molar-refractivity contribution in [2.75, 3.05) is 26.7 Å². The first-order valence-corrected chi connectivity index (χ1v) is 10.0. The Balaban J connectivity index is 1.61. The van der Waals surface area contributed by atoms with Gasteiger partial charge in [-0.25, -0.2) is 4.98 Å². The third-order valence-electron chi connectivity index (χ3n) is 4.77. The molecule has 2 heterocycles. The number of rotatable bonds is 7. The van der Waals surface area contributed by atoms with Gasteiger partial charge in [-0.2, -0.15) is 0 Å². The van der Waals surface area contributed by atoms with Crippen LogP contribution in [-0.2, 0) is 16.1 Å². The number of amides is 2. The number of nitrogens with zero attached hydrogens (tertiary/aromatic N) is 4. The Hall–Kier alpha value is -3.16. The molecule has 2 aromatic rings. The predicted octanol–water partition coefficient (Wildman–Crippen LogP) is 2.01. The van der Waals surface area contributed by atoms with Crippen molar-refractivity contribution in [1.82, 2.24) is 25.1 Å². The molecule has 0 unspecified atom stereocenters. The summed E-state index contributed by atoms with van der Waals surface area (Å²) in [5, 5.41) is 3.25. The van der Waals surface area contributed by atoms with Crippen LogP contribution in [0.1, 0.15) is 32.0 Å². The Morgan fingerprint density at radius 2 is 1.97 bits per heavy atom. The van der Waals surface area contributed by atoms with E-state index in [0.717, 1.165) is 23.6 Å². The number of aliphatic imine (C=N–C) groups is 1. The van der Waals surface area contributed by atoms with E-state index in [0.29, 0.717) is 44.9 Å². The molecule has 0 bridgehead atoms. The number of H-pyrrole nitrogens is 1. The van der Waals surface area contributed by atoms with Gasteiger partial charge in [-0.1, -0.05) is 30.3 Å². The third kappa shape index (κ3) is 5.43. The van der Waals surface area contributed by atoms with E-state index in [1.165, 1.54) is 4.90 Å². The molecule has 1 aliphatic rings. The second kappa shape index (κ2) is 9.86. The summed E-state index contributed by atoms with van der Waals surface area (Å²) in [7, 11) is 1.93. The molecule has 1 aromatic carbocycles. The maximum Gasteiger partial charge on any atom is 0.229 e. The number of likely N-dealkylation sites (tertiary alicyclic amines) is 1. The Morgan fingerprint density at radius 3 is 2.66 bits per heavy atom. The highest BCUT2D eigenvalue weighted by molar-refractivity contribution is 5.97. The minimum Gasteiger partial charge on any atom is -0.357 e. The van der Waals surface area contributed by atoms with Crippen molar-refractivity contribution in [3.8, 4) is 11.3 Å². The summed E-state index contributed by atoms with van der Waals surface area (Å²) in [6.07, 6.45) is 3.36. The SMILES string of the molecule is CCNC(=NCCN1C(=O)CCCC1=O)N(C)Cc1ncc(-c2ccccc2)[nH]1. The number of carbonyl (C=O) groups is 2. The van der Waals surface area contributed by atoms with Gasteiger partial charge in [-0.3, -0.25) is 19.5 Å². The van der Waals surface area contributed by atoms with Gasteiger partial charge in [0.05, 0.1) is 25.0 Å². The molecular formula is C21H28N6O2. The molecule has 0 atom stereocenters. The lowest BCUT2D eigenvalue weighted by Crippen LogP contribution is -2.42. The van der Waals surface area contributed by atoms with Crippen LogP contribution in [0, 0.1) is 0 Å². The van der Waals surface area contributed by atoms with Crippen molar-refractivity contribution < 1.29 is 9.59 Å². The van der Waals surface area contributed by atoms with E-state index in [1.807, 2.05) is 55.4 Å². The highest BCUT2D eigenvalue weighted by Crippen LogP contribution is 2.16. The zero-order valence-corrected chi connectivity index (χ0v) is 17.0. The van der Waals surface area contributed by atoms with Gasteiger partial charge >= 0.3 is 0 Å². The summed E-state index contributed by atoms with van der Waals surface area (Å²) in [5.41, 5.74) is 2.06. The van der Waals surface area contributed by atoms with Crippen molar-refractivity contribution in [3.05, 3.63) is 42.4 Å². The molecular weight excluding hydrogens is 368 g/mol. The first-order valence-electron chi connectivity index (χ1n) is 10.0. The van der Waals surface area contributed by atoms with Crippen LogP contribution in [0.4, 0.5) is 0 Å². The number of nitrogens with one attached hydrogen (secondary N) is 2. The third-order valence-corrected chi connectivity index (χ3v) is 4.77. The van der Waals surface area contributed by atoms with E-state index in [2.05, 4.69) is 20.3 Å². The number of aromatic amines is 1. The van der Waals surface area contributed by atoms with Gasteiger partial charge in [-0.05, 0) is 18.9 Å². The number of carbonyl (C=O) groups excluding carboxylic acids is 2. The van der Waals surface area contributed by atoms with Gasteiger partial charge in [-0.15, -0.1) is 0 Å². The highest BCUT2D eigenvalue weighted by Gasteiger charge is 2.25. The summed E-state index contributed by atoms with van der Waals surface area (Å²) in [6.45, 7) is 3.97. The first kappa shape index (κ1) is 20.6. The van der Waals surface area contributed by atoms with Crippen LogP contribution < -0.4 is 5.32 Å². The molecule has 154 valence electrons. The molecule has 1 aliphatic heterocycles. The van der Waals surface area contributed by atoms with Crippen LogP contribution in [0.15, 0.2) is 41.5 Å². The Bertz CT molecular complexity index is 845. The topological polar surface area (TPSA) is 93.7 Å². The minimum atomic E-state index is -0.0983. The number of aromatic nitrogens is 2. The number of imide groups is 1. The number of benzene rings is 1. The van der Waals surface area contributed by atoms with Gasteiger partial charge in [0.2, 0.25) is 11.8 Å². The van der Waals surface area contributed by atoms with Crippen LogP contribution in [0.3, 0.4) is 0 Å². The van der Waals surface area contributed by atoms with Crippen molar-refractivity contribution in [3.63, 3.8) is 0 Å². The molecule has 8 heteroatoms. The normalized spacial score (nSPS) is 15.0. The molecule has 29 heavy (non-hydrogen) atoms. The lowest BCUT2D eigenvalue weighted by atomic mass is 10.1. The first-order chi connectivity index (χ1) is 14.1. The summed E-state index contributed by atoms with van der Waals surface area (Å²) < 4.78 is 0. The van der Waals surface area contributed by atoms with E-state index >= 15 is 0 Å². The number of guanidine groups is 1. The Morgan fingerprint density at radius 1 is 1.24 bits per heavy atom. The predicted molar refractivity (Wildman–Crippen MR) is 112 cm³/mol. The van der Waals surface area contributed by atoms with Crippen LogP contribution in [0.5, 0.6) is 0 Å². The van der Waals surface area contributed by atoms with Crippen molar-refractivity contribution in [2.24, 2.45) is 4.99 Å². The monoisotopic (exact) mass is 396 g/mol. The molecule has 1 fully saturated rings. The van der Waals surface area contributed by atoms with Crippen LogP contribution in [-0.4, -0.2) is 64.2 Å². The van der Waals surface area contributed by atoms with E-state index in [9.17, 15) is 9.59 Å². The van der Waals surface area contributed by atoms with Gasteiger partial charge in [0, 0.05) is 33.0 Å². The maximum absolute atomic E-state index is 11.9. The summed E-state index contributed by atoms with van der Waals surface area (Å²) in [6, 6.07) is 10.1. The quantitative estimate of drug-likeness (QED) is 0.424. The Kier molecular flexibility index (Phi) is 6.99. The second-order valence-electron chi connectivity index (χ2n) is 6.99. The maximum atomic E-state index is 11.9. The number of piperidine rings is 1. The summed E-state index contributed by atoms with van der Waals surface area (Å²) in [4.78, 5) is 39.5. The molecule has 0 spiro atoms. The summed E-state index contributed by atoms with van der Waals surface area (Å²) >= 11 is 0. The van der Waals surface area contributed by atoms with Crippen LogP contribution in [0.25, 0.3) is 11.3 Å². The van der Waals surface area contributed by atoms with Crippen molar-refractivity contribution >= 4 is 17.8 Å². The van der Waals surface area contributed by atoms with E-state index < -0.39 is 0 Å². The fourth-order valence-corrected chi connectivity index (χ4v) is 3.28. The molecule has 0 aliphatic carbocycles. The molecule has 3 rings (SSSR count). The van der Waals surface area contributed by atoms with Crippen LogP contribution >= 0.6 is 0 Å². The standard InChI is InChI=1S/C21H28N6O2/c1-3-22-21(23-12-13-27-19(28)10-7-11-20(27)29)26(2)15-18-24-14-17(25-18)16-8-5-4-6-9-16/h4-6,8-9,14H,3,7,10-13,15H2,1-2H3,(H,22,23)(H,24,25). The van der Waals surface area contributed by atoms with Gasteiger partial charge in [0.15, 0.2) is 5.96 Å². The van der Waals surface area contributed by atoms with Crippen molar-refractivity contribution in [1.29, 1.82) is 0 Å². The number of imidazole rings is 1. The highest BCUT2D eigenvalue weighted by atomic mass is 16.2. The van der Waals surface area contributed by atoms with E-state index in [1.54, 1.807) is 0 Å². The number of hydrogen-bond donors (Lipinski definition) is 2. The lowest BCUT2D eigenvalue weighted by Gasteiger charge is -2.25. The zero-order valence-electron chi connectivity index (χ0n) is 17.0. The second-order valence-corrected chi connectivity index (χ2v) is 6.99. The molecule has 1 aromatic heterocycles. The van der Waals surface area contributed by atoms with Crippen LogP contribution in [0.2, 0.25) is 0 Å². The zero-order chi connectivity index (χ0) is 20.6. The average Bonchev–Trinajstić information content (AvgIpc) is 3.18. The smallest absolute Gasteiger partial charge is 0.229 e. The molecule has 2 amide bonds. The fourth-order valence-electron chi connectivity index (χ4n) is 3.28. The van der Waals surface area contributed by atoms with Gasteiger partial charge < -0.3 is 15.2 Å². The fraction of sp³-hybridized carbons (Fsp3) is 0.429. The Labute approximate surface area is 171 Å². The largest absolute Gasteiger partial charge is 0.357 e. The lowest BCUT2D eigenvalue weighted by molar-refractivity contribution is -0.147. The number of hydrogen-bond acceptors (Lipinski definition) is 4. The van der Waals surface area contributed by atoms with E-state index in [4.69, 9.17) is 0 Å². The minimum absolute atomic E-state index is 0.0983. The average molecular weight is 396 g/mol. The van der Waals surface area contributed by atoms with Crippen molar-refractivity contribution in [2.45, 2.75) is 32.7 Å². The molecule has 0 radical (unpaired) electrons. The molecule has 0 saturated carbocycles. The summed E-state index contributed by atoms with van der Waals surface area (Å²) in [5.74, 6) is 1.35. The molecule has 8 nitrogen and oxygen atoms in total. The molecule has 1 saturated heterocycles. The van der Waals surface area contributed by atoms with Gasteiger partial charge in [0.1, 0.15) is 5.82 Å². The molecule has 2 N–H and O–H groups in total.